The van der Waals surface area contributed by atoms with Crippen LogP contribution in [0, 0.1) is 11.8 Å². The molecule has 0 unspecified atom stereocenters. The number of alkyl halides is 3. The van der Waals surface area contributed by atoms with Crippen LogP contribution in [-0.4, -0.2) is 70.6 Å². The molecule has 12 heteroatoms. The molecular weight excluding hydrogens is 500 g/mol. The van der Waals surface area contributed by atoms with Crippen molar-refractivity contribution in [1.82, 2.24) is 14.9 Å². The van der Waals surface area contributed by atoms with Gasteiger partial charge in [0.2, 0.25) is 0 Å². The summed E-state index contributed by atoms with van der Waals surface area (Å²) in [6.07, 6.45) is 3.26. The number of piperidine rings is 1. The molecule has 160 valence electrons. The molecule has 1 aliphatic heterocycles. The van der Waals surface area contributed by atoms with Gasteiger partial charge in [-0.25, -0.2) is 8.42 Å². The van der Waals surface area contributed by atoms with E-state index in [1.807, 2.05) is 0 Å². The van der Waals surface area contributed by atoms with Gasteiger partial charge in [0.05, 0.1) is 6.61 Å². The summed E-state index contributed by atoms with van der Waals surface area (Å²) in [5, 5.41) is 6.24. The lowest BCUT2D eigenvalue weighted by Gasteiger charge is -2.31. The number of aliphatic imine (C=N–C) groups is 1. The van der Waals surface area contributed by atoms with E-state index >= 15 is 0 Å². The molecule has 0 aromatic carbocycles. The number of halogens is 4. The fourth-order valence-electron chi connectivity index (χ4n) is 2.74. The maximum absolute atomic E-state index is 12.6. The molecule has 1 saturated heterocycles. The van der Waals surface area contributed by atoms with Crippen molar-refractivity contribution in [3.63, 3.8) is 0 Å². The van der Waals surface area contributed by atoms with Gasteiger partial charge < -0.3 is 15.4 Å². The quantitative estimate of drug-likeness (QED) is 0.217. The number of nitrogens with one attached hydrogen (secondary N) is 2. The number of guanidine groups is 1. The minimum absolute atomic E-state index is 0. The maximum atomic E-state index is 12.6. The molecule has 1 saturated carbocycles. The first-order valence-electron chi connectivity index (χ1n) is 8.82. The van der Waals surface area contributed by atoms with Crippen LogP contribution in [0.25, 0.3) is 0 Å². The second-order valence-electron chi connectivity index (χ2n) is 6.69. The molecule has 0 aromatic rings. The van der Waals surface area contributed by atoms with Gasteiger partial charge in [0.25, 0.3) is 0 Å². The minimum atomic E-state index is -5.23. The van der Waals surface area contributed by atoms with Gasteiger partial charge in [0.1, 0.15) is 0 Å². The fraction of sp³-hybridized carbons (Fsp3) is 0.933. The Hall–Kier alpha value is -0.340. The molecule has 0 aromatic heterocycles. The van der Waals surface area contributed by atoms with Crippen LogP contribution in [0.4, 0.5) is 13.2 Å². The lowest BCUT2D eigenvalue weighted by molar-refractivity contribution is -0.0496. The summed E-state index contributed by atoms with van der Waals surface area (Å²) in [5.74, 6) is 1.42. The average Bonchev–Trinajstić information content (AvgIpc) is 3.41. The van der Waals surface area contributed by atoms with Crippen molar-refractivity contribution >= 4 is 40.0 Å². The highest BCUT2D eigenvalue weighted by molar-refractivity contribution is 14.0. The van der Waals surface area contributed by atoms with Gasteiger partial charge in [-0.2, -0.15) is 17.5 Å². The average molecular weight is 528 g/mol. The Morgan fingerprint density at radius 2 is 1.78 bits per heavy atom. The highest BCUT2D eigenvalue weighted by Gasteiger charge is 2.50. The zero-order valence-electron chi connectivity index (χ0n) is 15.3. The van der Waals surface area contributed by atoms with Crippen molar-refractivity contribution in [2.24, 2.45) is 16.8 Å². The second kappa shape index (κ2) is 11.0. The van der Waals surface area contributed by atoms with Crippen LogP contribution in [0.15, 0.2) is 4.99 Å². The Kier molecular flexibility index (Phi) is 10.1. The van der Waals surface area contributed by atoms with Crippen molar-refractivity contribution in [2.45, 2.75) is 31.2 Å². The summed E-state index contributed by atoms with van der Waals surface area (Å²) in [6.45, 7) is 2.31. The summed E-state index contributed by atoms with van der Waals surface area (Å²) in [4.78, 5) is 4.09. The molecule has 7 nitrogen and oxygen atoms in total. The van der Waals surface area contributed by atoms with Gasteiger partial charge in [-0.1, -0.05) is 0 Å². The number of nitrogens with zero attached hydrogens (tertiary/aromatic N) is 2. The Bertz CT molecular complexity index is 577. The SMILES string of the molecule is CN=C(NCCOCC1CC1)NCC1CCN(S(=O)(=O)C(F)(F)F)CC1.I. The van der Waals surface area contributed by atoms with Crippen molar-refractivity contribution in [3.05, 3.63) is 0 Å². The van der Waals surface area contributed by atoms with E-state index in [1.165, 1.54) is 12.8 Å². The van der Waals surface area contributed by atoms with E-state index in [2.05, 4.69) is 15.6 Å². The van der Waals surface area contributed by atoms with Gasteiger partial charge in [0, 0.05) is 39.8 Å². The fourth-order valence-corrected chi connectivity index (χ4v) is 3.72. The zero-order chi connectivity index (χ0) is 19.2. The first-order valence-corrected chi connectivity index (χ1v) is 10.3. The second-order valence-corrected chi connectivity index (χ2v) is 8.62. The summed E-state index contributed by atoms with van der Waals surface area (Å²) in [6, 6.07) is 0. The predicted molar refractivity (Wildman–Crippen MR) is 108 cm³/mol. The molecule has 0 atom stereocenters. The smallest absolute Gasteiger partial charge is 0.379 e. The van der Waals surface area contributed by atoms with Crippen LogP contribution < -0.4 is 10.6 Å². The van der Waals surface area contributed by atoms with E-state index < -0.39 is 15.5 Å². The van der Waals surface area contributed by atoms with Gasteiger partial charge in [-0.15, -0.1) is 24.0 Å². The minimum Gasteiger partial charge on any atom is -0.379 e. The van der Waals surface area contributed by atoms with Gasteiger partial charge in [-0.05, 0) is 37.5 Å². The lowest BCUT2D eigenvalue weighted by Crippen LogP contribution is -2.47. The molecule has 2 N–H and O–H groups in total. The van der Waals surface area contributed by atoms with Crippen LogP contribution in [0.5, 0.6) is 0 Å². The Morgan fingerprint density at radius 3 is 2.30 bits per heavy atom. The van der Waals surface area contributed by atoms with Crippen molar-refractivity contribution in [3.8, 4) is 0 Å². The van der Waals surface area contributed by atoms with Crippen LogP contribution >= 0.6 is 24.0 Å². The van der Waals surface area contributed by atoms with E-state index in [0.717, 1.165) is 12.5 Å². The molecule has 1 aliphatic carbocycles. The van der Waals surface area contributed by atoms with Crippen LogP contribution in [0.2, 0.25) is 0 Å². The molecule has 2 rings (SSSR count). The van der Waals surface area contributed by atoms with Gasteiger partial charge in [0.15, 0.2) is 5.96 Å². The topological polar surface area (TPSA) is 83.0 Å². The summed E-state index contributed by atoms with van der Waals surface area (Å²) in [5.41, 5.74) is -5.23. The van der Waals surface area contributed by atoms with Gasteiger partial charge in [-0.3, -0.25) is 4.99 Å². The van der Waals surface area contributed by atoms with Crippen LogP contribution in [0.3, 0.4) is 0 Å². The largest absolute Gasteiger partial charge is 0.511 e. The van der Waals surface area contributed by atoms with Crippen LogP contribution in [-0.2, 0) is 14.8 Å². The molecule has 0 spiro atoms. The van der Waals surface area contributed by atoms with E-state index in [9.17, 15) is 21.6 Å². The number of ether oxygens (including phenoxy) is 1. The predicted octanol–water partition coefficient (Wildman–Crippen LogP) is 1.76. The molecular formula is C15H28F3IN4O3S. The molecule has 2 aliphatic rings. The highest BCUT2D eigenvalue weighted by Crippen LogP contribution is 2.30. The molecule has 1 heterocycles. The number of hydrogen-bond acceptors (Lipinski definition) is 4. The summed E-state index contributed by atoms with van der Waals surface area (Å²) >= 11 is 0. The normalized spacial score (nSPS) is 20.2. The third kappa shape index (κ3) is 7.89. The molecule has 2 fully saturated rings. The molecule has 27 heavy (non-hydrogen) atoms. The Labute approximate surface area is 175 Å². The van der Waals surface area contributed by atoms with Gasteiger partial charge >= 0.3 is 15.5 Å². The Morgan fingerprint density at radius 1 is 1.15 bits per heavy atom. The van der Waals surface area contributed by atoms with Crippen molar-refractivity contribution in [2.75, 3.05) is 46.4 Å². The Balaban J connectivity index is 0.00000364. The third-order valence-electron chi connectivity index (χ3n) is 4.58. The number of rotatable bonds is 8. The maximum Gasteiger partial charge on any atom is 0.511 e. The summed E-state index contributed by atoms with van der Waals surface area (Å²) < 4.78 is 66.5. The van der Waals surface area contributed by atoms with Crippen LogP contribution in [0.1, 0.15) is 25.7 Å². The highest BCUT2D eigenvalue weighted by atomic mass is 127. The lowest BCUT2D eigenvalue weighted by atomic mass is 9.98. The van der Waals surface area contributed by atoms with E-state index in [4.69, 9.17) is 4.74 Å². The number of sulfonamides is 1. The van der Waals surface area contributed by atoms with E-state index in [0.29, 0.717) is 42.8 Å². The standard InChI is InChI=1S/C15H27F3N4O3S.HI/c1-19-14(20-6-9-25-11-13-2-3-13)21-10-12-4-7-22(8-5-12)26(23,24)15(16,17)18;/h12-13H,2-11H2,1H3,(H2,19,20,21);1H. The molecule has 0 amide bonds. The zero-order valence-corrected chi connectivity index (χ0v) is 18.4. The first kappa shape index (κ1) is 24.7. The summed E-state index contributed by atoms with van der Waals surface area (Å²) in [7, 11) is -3.58. The van der Waals surface area contributed by atoms with Crippen molar-refractivity contribution in [1.29, 1.82) is 0 Å². The van der Waals surface area contributed by atoms with E-state index in [1.54, 1.807) is 7.05 Å². The first-order chi connectivity index (χ1) is 12.2. The van der Waals surface area contributed by atoms with E-state index in [-0.39, 0.29) is 43.0 Å². The molecule has 0 radical (unpaired) electrons. The molecule has 0 bridgehead atoms. The number of hydrogen-bond donors (Lipinski definition) is 2. The van der Waals surface area contributed by atoms with Crippen molar-refractivity contribution < 1.29 is 26.3 Å². The third-order valence-corrected chi connectivity index (χ3v) is 6.21. The monoisotopic (exact) mass is 528 g/mol.